The van der Waals surface area contributed by atoms with Crippen molar-refractivity contribution in [2.24, 2.45) is 13.0 Å². The Hall–Kier alpha value is -2.02. The van der Waals surface area contributed by atoms with Gasteiger partial charge in [0.05, 0.1) is 12.4 Å². The van der Waals surface area contributed by atoms with E-state index in [1.54, 1.807) is 6.20 Å². The average Bonchev–Trinajstić information content (AvgIpc) is 3.29. The number of nitrogens with zero attached hydrogens (tertiary/aromatic N) is 4. The number of halogens is 1. The Morgan fingerprint density at radius 2 is 1.67 bits per heavy atom. The molecule has 0 unspecified atom stereocenters. The number of aryl methyl sites for hydroxylation is 1. The van der Waals surface area contributed by atoms with Gasteiger partial charge in [-0.25, -0.2) is 14.4 Å². The predicted molar refractivity (Wildman–Crippen MR) is 116 cm³/mol. The third-order valence-corrected chi connectivity index (χ3v) is 7.13. The van der Waals surface area contributed by atoms with Crippen LogP contribution in [0.2, 0.25) is 0 Å². The minimum Gasteiger partial charge on any atom is -0.351 e. The maximum absolute atomic E-state index is 14.6. The molecule has 2 N–H and O–H groups in total. The van der Waals surface area contributed by atoms with Gasteiger partial charge in [0.1, 0.15) is 5.69 Å². The summed E-state index contributed by atoms with van der Waals surface area (Å²) in [6, 6.07) is 1.72. The maximum Gasteiger partial charge on any atom is 0.223 e. The second kappa shape index (κ2) is 8.61. The van der Waals surface area contributed by atoms with Crippen molar-refractivity contribution in [3.05, 3.63) is 23.9 Å². The molecular formula is C23H33FN6. The molecule has 0 aliphatic heterocycles. The Morgan fingerprint density at radius 3 is 2.40 bits per heavy atom. The van der Waals surface area contributed by atoms with E-state index in [0.717, 1.165) is 36.6 Å². The van der Waals surface area contributed by atoms with Gasteiger partial charge in [-0.05, 0) is 63.7 Å². The van der Waals surface area contributed by atoms with Crippen molar-refractivity contribution in [1.29, 1.82) is 0 Å². The van der Waals surface area contributed by atoms with E-state index in [-0.39, 0.29) is 5.82 Å². The minimum atomic E-state index is -0.380. The molecule has 5 rings (SSSR count). The molecule has 2 aromatic rings. The highest BCUT2D eigenvalue weighted by Crippen LogP contribution is 2.36. The van der Waals surface area contributed by atoms with Gasteiger partial charge in [0.25, 0.3) is 0 Å². The van der Waals surface area contributed by atoms with Crippen LogP contribution in [0.4, 0.5) is 10.3 Å². The molecule has 3 aliphatic carbocycles. The van der Waals surface area contributed by atoms with Crippen LogP contribution in [0.15, 0.2) is 12.4 Å². The second-order valence-electron chi connectivity index (χ2n) is 9.51. The van der Waals surface area contributed by atoms with E-state index >= 15 is 0 Å². The number of nitrogens with one attached hydrogen (secondary N) is 2. The molecule has 0 amide bonds. The zero-order valence-corrected chi connectivity index (χ0v) is 17.9. The normalized spacial score (nSPS) is 25.0. The summed E-state index contributed by atoms with van der Waals surface area (Å²) in [6.45, 7) is 0. The average molecular weight is 413 g/mol. The summed E-state index contributed by atoms with van der Waals surface area (Å²) < 4.78 is 16.5. The van der Waals surface area contributed by atoms with Crippen LogP contribution in [-0.2, 0) is 13.5 Å². The van der Waals surface area contributed by atoms with Gasteiger partial charge in [-0.2, -0.15) is 5.10 Å². The molecular weight excluding hydrogens is 379 g/mol. The van der Waals surface area contributed by atoms with Crippen LogP contribution in [0, 0.1) is 11.7 Å². The molecule has 0 radical (unpaired) electrons. The van der Waals surface area contributed by atoms with Gasteiger partial charge in [0, 0.05) is 36.4 Å². The molecule has 0 aromatic carbocycles. The van der Waals surface area contributed by atoms with E-state index < -0.39 is 0 Å². The van der Waals surface area contributed by atoms with Gasteiger partial charge in [-0.3, -0.25) is 4.68 Å². The van der Waals surface area contributed by atoms with Crippen LogP contribution in [0.1, 0.15) is 69.9 Å². The SMILES string of the molecule is Cn1ncc(-c2nc(N[C@H]3CC[C@H](NC4CCCC4)CC3)ncc2F)c1CC1CC1. The Balaban J connectivity index is 1.23. The molecule has 162 valence electrons. The van der Waals surface area contributed by atoms with E-state index in [1.165, 1.54) is 57.6 Å². The highest BCUT2D eigenvalue weighted by Gasteiger charge is 2.27. The fourth-order valence-corrected chi connectivity index (χ4v) is 5.14. The molecule has 6 nitrogen and oxygen atoms in total. The van der Waals surface area contributed by atoms with Crippen LogP contribution in [-0.4, -0.2) is 37.9 Å². The largest absolute Gasteiger partial charge is 0.351 e. The molecule has 0 atom stereocenters. The third kappa shape index (κ3) is 4.51. The van der Waals surface area contributed by atoms with Crippen LogP contribution in [0.5, 0.6) is 0 Å². The van der Waals surface area contributed by atoms with Gasteiger partial charge in [-0.1, -0.05) is 12.8 Å². The first-order valence-corrected chi connectivity index (χ1v) is 11.7. The Kier molecular flexibility index (Phi) is 5.72. The summed E-state index contributed by atoms with van der Waals surface area (Å²) in [6.07, 6.45) is 16.4. The third-order valence-electron chi connectivity index (χ3n) is 7.13. The van der Waals surface area contributed by atoms with E-state index in [0.29, 0.717) is 29.6 Å². The summed E-state index contributed by atoms with van der Waals surface area (Å²) in [5.41, 5.74) is 2.24. The summed E-state index contributed by atoms with van der Waals surface area (Å²) in [4.78, 5) is 8.80. The molecule has 3 aliphatic rings. The Labute approximate surface area is 178 Å². The topological polar surface area (TPSA) is 67.7 Å². The number of aromatic nitrogens is 4. The zero-order chi connectivity index (χ0) is 20.5. The number of hydrogen-bond donors (Lipinski definition) is 2. The minimum absolute atomic E-state index is 0.352. The standard InChI is InChI=1S/C23H33FN6/c1-30-21(12-15-6-7-15)19(13-26-30)22-20(24)14-25-23(29-22)28-18-10-8-17(9-11-18)27-16-4-2-3-5-16/h13-18,27H,2-12H2,1H3,(H,25,28,29)/t17-,18-. The fraction of sp³-hybridized carbons (Fsp3) is 0.696. The van der Waals surface area contributed by atoms with Crippen molar-refractivity contribution < 1.29 is 4.39 Å². The number of anilines is 1. The van der Waals surface area contributed by atoms with E-state index in [1.807, 2.05) is 11.7 Å². The van der Waals surface area contributed by atoms with Crippen LogP contribution >= 0.6 is 0 Å². The van der Waals surface area contributed by atoms with Crippen molar-refractivity contribution >= 4 is 5.95 Å². The van der Waals surface area contributed by atoms with Crippen molar-refractivity contribution in [3.63, 3.8) is 0 Å². The van der Waals surface area contributed by atoms with Crippen LogP contribution in [0.3, 0.4) is 0 Å². The second-order valence-corrected chi connectivity index (χ2v) is 9.51. The number of rotatable bonds is 7. The Bertz CT molecular complexity index is 863. The summed E-state index contributed by atoms with van der Waals surface area (Å²) >= 11 is 0. The highest BCUT2D eigenvalue weighted by atomic mass is 19.1. The highest BCUT2D eigenvalue weighted by molar-refractivity contribution is 5.63. The van der Waals surface area contributed by atoms with Gasteiger partial charge in [-0.15, -0.1) is 0 Å². The first kappa shape index (κ1) is 19.9. The van der Waals surface area contributed by atoms with Crippen molar-refractivity contribution in [2.75, 3.05) is 5.32 Å². The molecule has 3 fully saturated rings. The van der Waals surface area contributed by atoms with E-state index in [9.17, 15) is 4.39 Å². The molecule has 7 heteroatoms. The first-order valence-electron chi connectivity index (χ1n) is 11.7. The lowest BCUT2D eigenvalue weighted by Gasteiger charge is -2.31. The first-order chi connectivity index (χ1) is 14.7. The molecule has 0 spiro atoms. The molecule has 2 aromatic heterocycles. The summed E-state index contributed by atoms with van der Waals surface area (Å²) in [5.74, 6) is 0.851. The fourth-order valence-electron chi connectivity index (χ4n) is 5.14. The van der Waals surface area contributed by atoms with Crippen LogP contribution < -0.4 is 10.6 Å². The van der Waals surface area contributed by atoms with Gasteiger partial charge in [0.15, 0.2) is 5.82 Å². The Morgan fingerprint density at radius 1 is 0.967 bits per heavy atom. The van der Waals surface area contributed by atoms with Crippen LogP contribution in [0.25, 0.3) is 11.3 Å². The monoisotopic (exact) mass is 412 g/mol. The molecule has 3 saturated carbocycles. The number of hydrogen-bond acceptors (Lipinski definition) is 5. The van der Waals surface area contributed by atoms with Crippen molar-refractivity contribution in [1.82, 2.24) is 25.1 Å². The molecule has 0 bridgehead atoms. The van der Waals surface area contributed by atoms with Crippen molar-refractivity contribution in [2.45, 2.75) is 88.8 Å². The lowest BCUT2D eigenvalue weighted by atomic mass is 9.90. The lowest BCUT2D eigenvalue weighted by molar-refractivity contribution is 0.322. The smallest absolute Gasteiger partial charge is 0.223 e. The van der Waals surface area contributed by atoms with E-state index in [4.69, 9.17) is 0 Å². The molecule has 30 heavy (non-hydrogen) atoms. The summed E-state index contributed by atoms with van der Waals surface area (Å²) in [7, 11) is 1.93. The lowest BCUT2D eigenvalue weighted by Crippen LogP contribution is -2.41. The van der Waals surface area contributed by atoms with Gasteiger partial charge in [0.2, 0.25) is 5.95 Å². The van der Waals surface area contributed by atoms with E-state index in [2.05, 4.69) is 25.7 Å². The maximum atomic E-state index is 14.6. The zero-order valence-electron chi connectivity index (χ0n) is 17.9. The summed E-state index contributed by atoms with van der Waals surface area (Å²) in [5, 5.41) is 11.7. The predicted octanol–water partition coefficient (Wildman–Crippen LogP) is 4.22. The van der Waals surface area contributed by atoms with Gasteiger partial charge < -0.3 is 10.6 Å². The molecule has 2 heterocycles. The van der Waals surface area contributed by atoms with Crippen molar-refractivity contribution in [3.8, 4) is 11.3 Å². The quantitative estimate of drug-likeness (QED) is 0.713. The van der Waals surface area contributed by atoms with Gasteiger partial charge >= 0.3 is 0 Å². The molecule has 0 saturated heterocycles.